The highest BCUT2D eigenvalue weighted by atomic mass is 19.1. The Morgan fingerprint density at radius 2 is 1.96 bits per heavy atom. The van der Waals surface area contributed by atoms with Crippen molar-refractivity contribution in [2.75, 3.05) is 0 Å². The highest BCUT2D eigenvalue weighted by molar-refractivity contribution is 5.88. The molecule has 1 aliphatic rings. The zero-order chi connectivity index (χ0) is 19.3. The molecule has 0 bridgehead atoms. The van der Waals surface area contributed by atoms with E-state index in [0.29, 0.717) is 22.4 Å². The average Bonchev–Trinajstić information content (AvgIpc) is 3.30. The van der Waals surface area contributed by atoms with E-state index in [4.69, 9.17) is 0 Å². The lowest BCUT2D eigenvalue weighted by Gasteiger charge is -2.08. The summed E-state index contributed by atoms with van der Waals surface area (Å²) in [5.41, 5.74) is 4.99. The zero-order valence-corrected chi connectivity index (χ0v) is 14.9. The third-order valence-corrected chi connectivity index (χ3v) is 5.07. The lowest BCUT2D eigenvalue weighted by molar-refractivity contribution is 0.277. The average molecular weight is 378 g/mol. The number of benzene rings is 2. The van der Waals surface area contributed by atoms with Crippen molar-refractivity contribution < 1.29 is 13.9 Å². The standard InChI is InChI=1S/C21H16F2N4O/c22-13-4-5-16(23)15(9-13)21-20(19-2-1-7-27(19)26-21)12-3-6-17-18(8-12)25-14(11-28)10-24-17/h3-6,8-10,28H,1-2,7,11H2. The number of aliphatic hydroxyl groups is 1. The van der Waals surface area contributed by atoms with E-state index < -0.39 is 11.6 Å². The van der Waals surface area contributed by atoms with Crippen molar-refractivity contribution in [3.63, 3.8) is 0 Å². The van der Waals surface area contributed by atoms with E-state index in [1.54, 1.807) is 0 Å². The second-order valence-electron chi connectivity index (χ2n) is 6.84. The molecular weight excluding hydrogens is 362 g/mol. The van der Waals surface area contributed by atoms with E-state index in [-0.39, 0.29) is 12.2 Å². The van der Waals surface area contributed by atoms with Crippen LogP contribution in [0.4, 0.5) is 8.78 Å². The first-order valence-electron chi connectivity index (χ1n) is 9.06. The van der Waals surface area contributed by atoms with Gasteiger partial charge in [0.1, 0.15) is 17.3 Å². The molecule has 3 heterocycles. The van der Waals surface area contributed by atoms with Crippen LogP contribution < -0.4 is 0 Å². The summed E-state index contributed by atoms with van der Waals surface area (Å²) in [4.78, 5) is 8.72. The maximum atomic E-state index is 14.5. The molecular formula is C21H16F2N4O. The van der Waals surface area contributed by atoms with E-state index >= 15 is 0 Å². The first-order chi connectivity index (χ1) is 13.6. The predicted octanol–water partition coefficient (Wildman–Crippen LogP) is 3.88. The molecule has 140 valence electrons. The van der Waals surface area contributed by atoms with Gasteiger partial charge in [0.2, 0.25) is 0 Å². The quantitative estimate of drug-likeness (QED) is 0.588. The fourth-order valence-corrected chi connectivity index (χ4v) is 3.78. The molecule has 5 rings (SSSR count). The minimum Gasteiger partial charge on any atom is -0.390 e. The van der Waals surface area contributed by atoms with Gasteiger partial charge in [-0.2, -0.15) is 5.10 Å². The molecule has 0 saturated carbocycles. The highest BCUT2D eigenvalue weighted by Crippen LogP contribution is 2.39. The van der Waals surface area contributed by atoms with Crippen molar-refractivity contribution in [1.29, 1.82) is 0 Å². The largest absolute Gasteiger partial charge is 0.390 e. The molecule has 0 atom stereocenters. The molecule has 0 saturated heterocycles. The van der Waals surface area contributed by atoms with Crippen LogP contribution in [-0.4, -0.2) is 24.9 Å². The smallest absolute Gasteiger partial charge is 0.132 e. The summed E-state index contributed by atoms with van der Waals surface area (Å²) in [6.07, 6.45) is 3.32. The molecule has 0 unspecified atom stereocenters. The fourth-order valence-electron chi connectivity index (χ4n) is 3.78. The van der Waals surface area contributed by atoms with Crippen molar-refractivity contribution >= 4 is 11.0 Å². The second-order valence-corrected chi connectivity index (χ2v) is 6.84. The summed E-state index contributed by atoms with van der Waals surface area (Å²) in [6.45, 7) is 0.553. The molecule has 2 aromatic heterocycles. The van der Waals surface area contributed by atoms with E-state index in [1.165, 1.54) is 12.3 Å². The zero-order valence-electron chi connectivity index (χ0n) is 14.9. The number of aromatic nitrogens is 4. The number of fused-ring (bicyclic) bond motifs is 2. The molecule has 28 heavy (non-hydrogen) atoms. The van der Waals surface area contributed by atoms with Gasteiger partial charge in [-0.25, -0.2) is 13.8 Å². The van der Waals surface area contributed by atoms with Crippen LogP contribution in [0.1, 0.15) is 17.8 Å². The first kappa shape index (κ1) is 16.9. The maximum Gasteiger partial charge on any atom is 0.132 e. The van der Waals surface area contributed by atoms with Gasteiger partial charge in [0.25, 0.3) is 0 Å². The van der Waals surface area contributed by atoms with Gasteiger partial charge < -0.3 is 5.11 Å². The number of halogens is 2. The molecule has 1 aliphatic heterocycles. The van der Waals surface area contributed by atoms with Crippen LogP contribution in [0.15, 0.2) is 42.6 Å². The Bertz CT molecular complexity index is 1220. The molecule has 0 amide bonds. The third kappa shape index (κ3) is 2.66. The molecule has 1 N–H and O–H groups in total. The van der Waals surface area contributed by atoms with Gasteiger partial charge in [-0.15, -0.1) is 0 Å². The van der Waals surface area contributed by atoms with Gasteiger partial charge in [-0.05, 0) is 48.7 Å². The number of aryl methyl sites for hydroxylation is 1. The van der Waals surface area contributed by atoms with Crippen LogP contribution in [0, 0.1) is 11.6 Å². The van der Waals surface area contributed by atoms with E-state index in [0.717, 1.165) is 48.3 Å². The molecule has 7 heteroatoms. The third-order valence-electron chi connectivity index (χ3n) is 5.07. The Balaban J connectivity index is 1.76. The number of hydrogen-bond acceptors (Lipinski definition) is 4. The number of nitrogens with zero attached hydrogens (tertiary/aromatic N) is 4. The Hall–Kier alpha value is -3.19. The van der Waals surface area contributed by atoms with Crippen LogP contribution in [0.2, 0.25) is 0 Å². The Morgan fingerprint density at radius 1 is 1.07 bits per heavy atom. The van der Waals surface area contributed by atoms with Crippen LogP contribution in [0.5, 0.6) is 0 Å². The summed E-state index contributed by atoms with van der Waals surface area (Å²) >= 11 is 0. The van der Waals surface area contributed by atoms with Gasteiger partial charge in [-0.1, -0.05) is 6.07 Å². The molecule has 0 radical (unpaired) electrons. The summed E-state index contributed by atoms with van der Waals surface area (Å²) in [7, 11) is 0. The van der Waals surface area contributed by atoms with Gasteiger partial charge in [0.15, 0.2) is 0 Å². The Kier molecular flexibility index (Phi) is 3.91. The SMILES string of the molecule is OCc1cnc2ccc(-c3c(-c4cc(F)ccc4F)nn4c3CCC4)cc2n1. The number of rotatable bonds is 3. The van der Waals surface area contributed by atoms with Gasteiger partial charge in [0.05, 0.1) is 29.5 Å². The first-order valence-corrected chi connectivity index (χ1v) is 9.06. The monoisotopic (exact) mass is 378 g/mol. The molecule has 0 fully saturated rings. The maximum absolute atomic E-state index is 14.5. The van der Waals surface area contributed by atoms with E-state index in [1.807, 2.05) is 22.9 Å². The summed E-state index contributed by atoms with van der Waals surface area (Å²) in [5.74, 6) is -1.02. The van der Waals surface area contributed by atoms with Crippen LogP contribution in [-0.2, 0) is 19.6 Å². The summed E-state index contributed by atoms with van der Waals surface area (Å²) in [6, 6.07) is 9.00. The van der Waals surface area contributed by atoms with Crippen molar-refractivity contribution in [3.05, 3.63) is 65.6 Å². The Labute approximate surface area is 159 Å². The summed E-state index contributed by atoms with van der Waals surface area (Å²) in [5, 5.41) is 13.9. The minimum absolute atomic E-state index is 0.146. The van der Waals surface area contributed by atoms with Crippen molar-refractivity contribution in [3.8, 4) is 22.4 Å². The molecule has 5 nitrogen and oxygen atoms in total. The van der Waals surface area contributed by atoms with E-state index in [2.05, 4.69) is 15.1 Å². The van der Waals surface area contributed by atoms with Crippen molar-refractivity contribution in [1.82, 2.24) is 19.7 Å². The van der Waals surface area contributed by atoms with Crippen molar-refractivity contribution in [2.45, 2.75) is 26.0 Å². The highest BCUT2D eigenvalue weighted by Gasteiger charge is 2.25. The number of aliphatic hydroxyl groups excluding tert-OH is 1. The fraction of sp³-hybridized carbons (Fsp3) is 0.190. The molecule has 0 aliphatic carbocycles. The van der Waals surface area contributed by atoms with Crippen LogP contribution in [0.25, 0.3) is 33.4 Å². The topological polar surface area (TPSA) is 63.8 Å². The van der Waals surface area contributed by atoms with Crippen molar-refractivity contribution in [2.24, 2.45) is 0 Å². The van der Waals surface area contributed by atoms with E-state index in [9.17, 15) is 13.9 Å². The second kappa shape index (κ2) is 6.45. The molecule has 0 spiro atoms. The molecule has 4 aromatic rings. The predicted molar refractivity (Wildman–Crippen MR) is 100 cm³/mol. The lowest BCUT2D eigenvalue weighted by atomic mass is 9.97. The molecule has 2 aromatic carbocycles. The van der Waals surface area contributed by atoms with Gasteiger partial charge in [-0.3, -0.25) is 9.67 Å². The number of hydrogen-bond donors (Lipinski definition) is 1. The lowest BCUT2D eigenvalue weighted by Crippen LogP contribution is -1.95. The van der Waals surface area contributed by atoms with Gasteiger partial charge in [0, 0.05) is 23.4 Å². The van der Waals surface area contributed by atoms with Crippen LogP contribution in [0.3, 0.4) is 0 Å². The Morgan fingerprint density at radius 3 is 2.82 bits per heavy atom. The van der Waals surface area contributed by atoms with Crippen LogP contribution >= 0.6 is 0 Å². The summed E-state index contributed by atoms with van der Waals surface area (Å²) < 4.78 is 30.2. The normalized spacial score (nSPS) is 13.2. The minimum atomic E-state index is -0.512. The van der Waals surface area contributed by atoms with Gasteiger partial charge >= 0.3 is 0 Å².